The van der Waals surface area contributed by atoms with E-state index in [0.29, 0.717) is 0 Å². The van der Waals surface area contributed by atoms with Gasteiger partial charge in [0.05, 0.1) is 19.9 Å². The normalized spacial score (nSPS) is 10.2. The van der Waals surface area contributed by atoms with Crippen molar-refractivity contribution in [2.45, 2.75) is 20.3 Å². The van der Waals surface area contributed by atoms with Crippen LogP contribution < -0.4 is 14.8 Å². The van der Waals surface area contributed by atoms with E-state index in [0.717, 1.165) is 47.0 Å². The molecule has 0 aromatic heterocycles. The maximum absolute atomic E-state index is 5.45. The Morgan fingerprint density at radius 1 is 1.18 bits per heavy atom. The van der Waals surface area contributed by atoms with Crippen molar-refractivity contribution in [3.8, 4) is 11.5 Å². The van der Waals surface area contributed by atoms with Crippen molar-refractivity contribution in [1.82, 2.24) is 0 Å². The van der Waals surface area contributed by atoms with Crippen LogP contribution in [0.1, 0.15) is 17.5 Å². The summed E-state index contributed by atoms with van der Waals surface area (Å²) in [5, 5.41) is 3.35. The summed E-state index contributed by atoms with van der Waals surface area (Å²) in [7, 11) is 3.38. The number of benzene rings is 1. The molecule has 0 bridgehead atoms. The van der Waals surface area contributed by atoms with Crippen molar-refractivity contribution in [3.63, 3.8) is 0 Å². The molecule has 0 aliphatic carbocycles. The Morgan fingerprint density at radius 2 is 1.88 bits per heavy atom. The van der Waals surface area contributed by atoms with Crippen molar-refractivity contribution in [2.24, 2.45) is 0 Å². The smallest absolute Gasteiger partial charge is 0.145 e. The molecule has 0 amide bonds. The van der Waals surface area contributed by atoms with E-state index < -0.39 is 0 Å². The molecule has 0 saturated heterocycles. The number of anilines is 1. The van der Waals surface area contributed by atoms with Crippen LogP contribution in [0.4, 0.5) is 5.69 Å². The highest BCUT2D eigenvalue weighted by Gasteiger charge is 2.13. The molecule has 4 heteroatoms. The highest BCUT2D eigenvalue weighted by Crippen LogP contribution is 2.36. The third-order valence-corrected chi connectivity index (χ3v) is 3.18. The van der Waals surface area contributed by atoms with Crippen molar-refractivity contribution in [3.05, 3.63) is 17.2 Å². The molecule has 0 saturated carbocycles. The van der Waals surface area contributed by atoms with Gasteiger partial charge in [-0.1, -0.05) is 0 Å². The zero-order valence-electron chi connectivity index (χ0n) is 11.0. The summed E-state index contributed by atoms with van der Waals surface area (Å²) in [5.41, 5.74) is 3.21. The van der Waals surface area contributed by atoms with Gasteiger partial charge in [-0.25, -0.2) is 0 Å². The molecule has 0 radical (unpaired) electrons. The molecule has 1 rings (SSSR count). The Bertz CT molecular complexity index is 380. The predicted molar refractivity (Wildman–Crippen MR) is 76.0 cm³/mol. The van der Waals surface area contributed by atoms with Gasteiger partial charge in [-0.15, -0.1) is 0 Å². The zero-order valence-corrected chi connectivity index (χ0v) is 11.9. The van der Waals surface area contributed by atoms with Gasteiger partial charge in [0.2, 0.25) is 0 Å². The molecule has 1 N–H and O–H groups in total. The second-order valence-electron chi connectivity index (χ2n) is 3.91. The molecule has 1 aromatic rings. The first-order valence-corrected chi connectivity index (χ1v) is 6.35. The maximum Gasteiger partial charge on any atom is 0.145 e. The van der Waals surface area contributed by atoms with Crippen molar-refractivity contribution >= 4 is 18.3 Å². The monoisotopic (exact) mass is 255 g/mol. The topological polar surface area (TPSA) is 30.5 Å². The lowest BCUT2D eigenvalue weighted by Gasteiger charge is -2.17. The van der Waals surface area contributed by atoms with E-state index >= 15 is 0 Å². The summed E-state index contributed by atoms with van der Waals surface area (Å²) in [5.74, 6) is 2.65. The van der Waals surface area contributed by atoms with Crippen LogP contribution in [0.2, 0.25) is 0 Å². The van der Waals surface area contributed by atoms with Gasteiger partial charge in [-0.05, 0) is 37.1 Å². The summed E-state index contributed by atoms with van der Waals surface area (Å²) in [6, 6.07) is 1.99. The van der Waals surface area contributed by atoms with E-state index in [1.807, 2.05) is 19.9 Å². The molecule has 0 aliphatic rings. The second-order valence-corrected chi connectivity index (χ2v) is 4.36. The van der Waals surface area contributed by atoms with Gasteiger partial charge in [0.15, 0.2) is 0 Å². The molecule has 0 spiro atoms. The average Bonchev–Trinajstić information content (AvgIpc) is 2.34. The van der Waals surface area contributed by atoms with Gasteiger partial charge >= 0.3 is 0 Å². The standard InChI is InChI=1S/C13H21NO2S/c1-9-10(2)13(16-4)11(8-12(9)15-3)14-6-5-7-17/h8,14,17H,5-7H2,1-4H3. The minimum Gasteiger partial charge on any atom is -0.496 e. The molecule has 0 unspecified atom stereocenters. The lowest BCUT2D eigenvalue weighted by molar-refractivity contribution is 0.399. The number of methoxy groups -OCH3 is 2. The van der Waals surface area contributed by atoms with Crippen molar-refractivity contribution in [1.29, 1.82) is 0 Å². The van der Waals surface area contributed by atoms with Crippen LogP contribution in [0.5, 0.6) is 11.5 Å². The van der Waals surface area contributed by atoms with Crippen LogP contribution in [-0.4, -0.2) is 26.5 Å². The van der Waals surface area contributed by atoms with E-state index in [1.165, 1.54) is 0 Å². The Morgan fingerprint density at radius 3 is 2.41 bits per heavy atom. The van der Waals surface area contributed by atoms with Crippen molar-refractivity contribution < 1.29 is 9.47 Å². The van der Waals surface area contributed by atoms with E-state index in [-0.39, 0.29) is 0 Å². The van der Waals surface area contributed by atoms with Gasteiger partial charge in [0.1, 0.15) is 11.5 Å². The minimum absolute atomic E-state index is 0.872. The minimum atomic E-state index is 0.872. The highest BCUT2D eigenvalue weighted by molar-refractivity contribution is 7.80. The molecular formula is C13H21NO2S. The fourth-order valence-corrected chi connectivity index (χ4v) is 1.93. The van der Waals surface area contributed by atoms with E-state index in [4.69, 9.17) is 9.47 Å². The molecule has 96 valence electrons. The Labute approximate surface area is 109 Å². The Hall–Kier alpha value is -1.03. The van der Waals surface area contributed by atoms with E-state index in [2.05, 4.69) is 17.9 Å². The zero-order chi connectivity index (χ0) is 12.8. The molecule has 0 fully saturated rings. The van der Waals surface area contributed by atoms with Crippen LogP contribution in [-0.2, 0) is 0 Å². The van der Waals surface area contributed by atoms with Gasteiger partial charge < -0.3 is 14.8 Å². The number of hydrogen-bond acceptors (Lipinski definition) is 4. The molecule has 0 atom stereocenters. The second kappa shape index (κ2) is 6.64. The van der Waals surface area contributed by atoms with Crippen LogP contribution >= 0.6 is 12.6 Å². The molecule has 0 aliphatic heterocycles. The van der Waals surface area contributed by atoms with Gasteiger partial charge in [-0.2, -0.15) is 12.6 Å². The van der Waals surface area contributed by atoms with E-state index in [1.54, 1.807) is 14.2 Å². The lowest BCUT2D eigenvalue weighted by atomic mass is 10.1. The summed E-state index contributed by atoms with van der Waals surface area (Å²) >= 11 is 4.20. The quantitative estimate of drug-likeness (QED) is 0.605. The highest BCUT2D eigenvalue weighted by atomic mass is 32.1. The predicted octanol–water partition coefficient (Wildman–Crippen LogP) is 3.05. The third-order valence-electron chi connectivity index (χ3n) is 2.87. The van der Waals surface area contributed by atoms with Crippen LogP contribution in [0.3, 0.4) is 0 Å². The lowest BCUT2D eigenvalue weighted by Crippen LogP contribution is -2.06. The molecular weight excluding hydrogens is 234 g/mol. The number of ether oxygens (including phenoxy) is 2. The SMILES string of the molecule is COc1cc(NCCCS)c(OC)c(C)c1C. The first-order valence-electron chi connectivity index (χ1n) is 5.72. The fourth-order valence-electron chi connectivity index (χ4n) is 1.77. The first-order chi connectivity index (χ1) is 8.15. The molecule has 3 nitrogen and oxygen atoms in total. The molecule has 17 heavy (non-hydrogen) atoms. The summed E-state index contributed by atoms with van der Waals surface area (Å²) in [6.07, 6.45) is 1.02. The third kappa shape index (κ3) is 3.22. The fraction of sp³-hybridized carbons (Fsp3) is 0.538. The van der Waals surface area contributed by atoms with Gasteiger partial charge in [0, 0.05) is 12.6 Å². The summed E-state index contributed by atoms with van der Waals surface area (Å²) in [6.45, 7) is 4.96. The number of hydrogen-bond donors (Lipinski definition) is 2. The Kier molecular flexibility index (Phi) is 5.48. The van der Waals surface area contributed by atoms with Gasteiger partial charge in [-0.3, -0.25) is 0 Å². The largest absolute Gasteiger partial charge is 0.496 e. The maximum atomic E-state index is 5.45. The summed E-state index contributed by atoms with van der Waals surface area (Å²) < 4.78 is 10.8. The number of rotatable bonds is 6. The van der Waals surface area contributed by atoms with Gasteiger partial charge in [0.25, 0.3) is 0 Å². The summed E-state index contributed by atoms with van der Waals surface area (Å²) in [4.78, 5) is 0. The Balaban J connectivity index is 3.04. The molecule has 1 aromatic carbocycles. The number of thiol groups is 1. The van der Waals surface area contributed by atoms with Crippen LogP contribution in [0.15, 0.2) is 6.07 Å². The van der Waals surface area contributed by atoms with Crippen LogP contribution in [0.25, 0.3) is 0 Å². The van der Waals surface area contributed by atoms with Crippen molar-refractivity contribution in [2.75, 3.05) is 31.8 Å². The average molecular weight is 255 g/mol. The number of nitrogens with one attached hydrogen (secondary N) is 1. The molecule has 0 heterocycles. The van der Waals surface area contributed by atoms with Crippen LogP contribution in [0, 0.1) is 13.8 Å². The van der Waals surface area contributed by atoms with E-state index in [9.17, 15) is 0 Å². The first kappa shape index (κ1) is 14.0.